The highest BCUT2D eigenvalue weighted by molar-refractivity contribution is 7.98. The lowest BCUT2D eigenvalue weighted by Crippen LogP contribution is -2.11. The van der Waals surface area contributed by atoms with E-state index in [1.165, 1.54) is 28.1 Å². The van der Waals surface area contributed by atoms with Gasteiger partial charge in [0.2, 0.25) is 5.16 Å². The third-order valence-corrected chi connectivity index (χ3v) is 6.20. The quantitative estimate of drug-likeness (QED) is 0.270. The summed E-state index contributed by atoms with van der Waals surface area (Å²) < 4.78 is 12.1. The van der Waals surface area contributed by atoms with E-state index in [1.807, 2.05) is 37.3 Å². The molecular weight excluding hydrogens is 412 g/mol. The Hall–Kier alpha value is -3.26. The Morgan fingerprint density at radius 1 is 1.16 bits per heavy atom. The van der Waals surface area contributed by atoms with Gasteiger partial charge in [0, 0.05) is 22.8 Å². The van der Waals surface area contributed by atoms with E-state index in [1.54, 1.807) is 7.11 Å². The predicted octanol–water partition coefficient (Wildman–Crippen LogP) is 4.50. The zero-order chi connectivity index (χ0) is 22.1. The molecule has 0 aliphatic rings. The van der Waals surface area contributed by atoms with Crippen LogP contribution in [0.15, 0.2) is 56.8 Å². The maximum Gasteiger partial charge on any atom is 0.336 e. The number of nitrogens with two attached hydrogens (primary N) is 1. The summed E-state index contributed by atoms with van der Waals surface area (Å²) in [6.45, 7) is 6.34. The number of rotatable bonds is 6. The zero-order valence-electron chi connectivity index (χ0n) is 17.9. The molecule has 0 saturated carbocycles. The summed E-state index contributed by atoms with van der Waals surface area (Å²) in [6.07, 6.45) is 0. The Morgan fingerprint density at radius 2 is 1.90 bits per heavy atom. The molecule has 0 bridgehead atoms. The molecule has 0 aliphatic heterocycles. The van der Waals surface area contributed by atoms with E-state index in [0.717, 1.165) is 27.8 Å². The van der Waals surface area contributed by atoms with E-state index in [0.29, 0.717) is 28.2 Å². The van der Waals surface area contributed by atoms with Gasteiger partial charge in [0.15, 0.2) is 5.82 Å². The molecule has 2 heterocycles. The first-order chi connectivity index (χ1) is 14.9. The van der Waals surface area contributed by atoms with Crippen LogP contribution in [-0.4, -0.2) is 22.0 Å². The number of ether oxygens (including phenoxy) is 1. The number of hydrogen-bond donors (Lipinski definition) is 1. The maximum absolute atomic E-state index is 12.1. The van der Waals surface area contributed by atoms with Crippen molar-refractivity contribution in [2.75, 3.05) is 13.0 Å². The molecule has 0 radical (unpaired) electrons. The van der Waals surface area contributed by atoms with Crippen LogP contribution in [0.25, 0.3) is 22.4 Å². The van der Waals surface area contributed by atoms with Gasteiger partial charge in [-0.05, 0) is 65.9 Å². The van der Waals surface area contributed by atoms with Crippen LogP contribution < -0.4 is 16.2 Å². The van der Waals surface area contributed by atoms with Gasteiger partial charge in [0.1, 0.15) is 11.3 Å². The fraction of sp³-hybridized carbons (Fsp3) is 0.261. The summed E-state index contributed by atoms with van der Waals surface area (Å²) in [5.74, 6) is 8.45. The third-order valence-electron chi connectivity index (χ3n) is 5.21. The van der Waals surface area contributed by atoms with Gasteiger partial charge in [-0.3, -0.25) is 0 Å². The van der Waals surface area contributed by atoms with Gasteiger partial charge >= 0.3 is 5.63 Å². The van der Waals surface area contributed by atoms with Crippen LogP contribution in [0.2, 0.25) is 0 Å². The molecule has 2 aromatic carbocycles. The van der Waals surface area contributed by atoms with Crippen molar-refractivity contribution in [3.8, 4) is 17.1 Å². The Bertz CT molecular complexity index is 1290. The molecule has 31 heavy (non-hydrogen) atoms. The lowest BCUT2D eigenvalue weighted by atomic mass is 9.95. The van der Waals surface area contributed by atoms with E-state index in [-0.39, 0.29) is 5.63 Å². The van der Waals surface area contributed by atoms with E-state index < -0.39 is 0 Å². The maximum atomic E-state index is 12.1. The largest absolute Gasteiger partial charge is 0.497 e. The second kappa shape index (κ2) is 8.47. The number of aryl methyl sites for hydroxylation is 1. The molecule has 160 valence electrons. The molecule has 0 amide bonds. The fourth-order valence-electron chi connectivity index (χ4n) is 3.59. The standard InChI is InChI=1S/C23H24N4O3S/c1-13(2)18-11-19-16(10-21(28)30-20(19)9-14(18)3)12-31-23-26-25-22(27(23)24)15-5-7-17(29-4)8-6-15/h5-11,13H,12,24H2,1-4H3. The van der Waals surface area contributed by atoms with Crippen molar-refractivity contribution in [2.24, 2.45) is 0 Å². The van der Waals surface area contributed by atoms with Crippen LogP contribution in [0.4, 0.5) is 0 Å². The SMILES string of the molecule is COc1ccc(-c2nnc(SCc3cc(=O)oc4cc(C)c(C(C)C)cc34)n2N)cc1. The highest BCUT2D eigenvalue weighted by Gasteiger charge is 2.15. The molecule has 0 aliphatic carbocycles. The van der Waals surface area contributed by atoms with Gasteiger partial charge in [-0.25, -0.2) is 9.47 Å². The summed E-state index contributed by atoms with van der Waals surface area (Å²) in [4.78, 5) is 12.1. The monoisotopic (exact) mass is 436 g/mol. The summed E-state index contributed by atoms with van der Waals surface area (Å²) >= 11 is 1.42. The van der Waals surface area contributed by atoms with Gasteiger partial charge in [0.25, 0.3) is 0 Å². The third kappa shape index (κ3) is 4.16. The zero-order valence-corrected chi connectivity index (χ0v) is 18.7. The lowest BCUT2D eigenvalue weighted by molar-refractivity contribution is 0.415. The number of methoxy groups -OCH3 is 1. The topological polar surface area (TPSA) is 96.2 Å². The van der Waals surface area contributed by atoms with Crippen molar-refractivity contribution in [1.29, 1.82) is 0 Å². The number of aromatic nitrogens is 3. The van der Waals surface area contributed by atoms with Crippen LogP contribution in [0.1, 0.15) is 36.5 Å². The molecule has 0 saturated heterocycles. The Morgan fingerprint density at radius 3 is 2.58 bits per heavy atom. The van der Waals surface area contributed by atoms with Crippen LogP contribution >= 0.6 is 11.8 Å². The summed E-state index contributed by atoms with van der Waals surface area (Å²) in [6, 6.07) is 13.0. The van der Waals surface area contributed by atoms with Crippen LogP contribution in [0.3, 0.4) is 0 Å². The van der Waals surface area contributed by atoms with Crippen molar-refractivity contribution in [1.82, 2.24) is 14.9 Å². The summed E-state index contributed by atoms with van der Waals surface area (Å²) in [5.41, 5.74) is 4.29. The molecule has 2 N–H and O–H groups in total. The average molecular weight is 437 g/mol. The molecule has 0 spiro atoms. The van der Waals surface area contributed by atoms with Gasteiger partial charge in [-0.2, -0.15) is 0 Å². The van der Waals surface area contributed by atoms with Crippen molar-refractivity contribution in [3.63, 3.8) is 0 Å². The first-order valence-electron chi connectivity index (χ1n) is 9.92. The first-order valence-corrected chi connectivity index (χ1v) is 10.9. The minimum Gasteiger partial charge on any atom is -0.497 e. The van der Waals surface area contributed by atoms with Crippen LogP contribution in [0, 0.1) is 6.92 Å². The molecular formula is C23H24N4O3S. The molecule has 4 rings (SSSR count). The number of nitrogens with zero attached hydrogens (tertiary/aromatic N) is 3. The summed E-state index contributed by atoms with van der Waals surface area (Å²) in [7, 11) is 1.62. The smallest absolute Gasteiger partial charge is 0.336 e. The van der Waals surface area contributed by atoms with Crippen LogP contribution in [0.5, 0.6) is 5.75 Å². The minimum absolute atomic E-state index is 0.368. The number of benzene rings is 2. The highest BCUT2D eigenvalue weighted by atomic mass is 32.2. The number of thioether (sulfide) groups is 1. The molecule has 0 unspecified atom stereocenters. The second-order valence-corrected chi connectivity index (χ2v) is 8.59. The van der Waals surface area contributed by atoms with E-state index in [2.05, 4.69) is 30.1 Å². The molecule has 7 nitrogen and oxygen atoms in total. The van der Waals surface area contributed by atoms with Gasteiger partial charge in [-0.1, -0.05) is 25.6 Å². The van der Waals surface area contributed by atoms with E-state index in [9.17, 15) is 4.79 Å². The Labute approximate surface area is 184 Å². The second-order valence-electron chi connectivity index (χ2n) is 7.64. The van der Waals surface area contributed by atoms with Crippen molar-refractivity contribution >= 4 is 22.7 Å². The highest BCUT2D eigenvalue weighted by Crippen LogP contribution is 2.31. The Balaban J connectivity index is 1.64. The normalized spacial score (nSPS) is 11.4. The Kier molecular flexibility index (Phi) is 5.73. The fourth-order valence-corrected chi connectivity index (χ4v) is 4.44. The molecule has 8 heteroatoms. The van der Waals surface area contributed by atoms with E-state index in [4.69, 9.17) is 15.0 Å². The van der Waals surface area contributed by atoms with Crippen LogP contribution in [-0.2, 0) is 5.75 Å². The van der Waals surface area contributed by atoms with Crippen molar-refractivity contribution in [3.05, 3.63) is 69.6 Å². The number of hydrogen-bond acceptors (Lipinski definition) is 7. The van der Waals surface area contributed by atoms with Crippen molar-refractivity contribution < 1.29 is 9.15 Å². The van der Waals surface area contributed by atoms with Gasteiger partial charge < -0.3 is 15.0 Å². The lowest BCUT2D eigenvalue weighted by Gasteiger charge is -2.13. The molecule has 2 aromatic heterocycles. The molecule has 0 atom stereocenters. The predicted molar refractivity (Wildman–Crippen MR) is 123 cm³/mol. The number of fused-ring (bicyclic) bond motifs is 1. The van der Waals surface area contributed by atoms with Gasteiger partial charge in [0.05, 0.1) is 7.11 Å². The minimum atomic E-state index is -0.368. The van der Waals surface area contributed by atoms with Crippen molar-refractivity contribution in [2.45, 2.75) is 37.6 Å². The number of nitrogen functional groups attached to an aromatic ring is 1. The van der Waals surface area contributed by atoms with E-state index >= 15 is 0 Å². The van der Waals surface area contributed by atoms with Gasteiger partial charge in [-0.15, -0.1) is 10.2 Å². The first kappa shape index (κ1) is 21.0. The summed E-state index contributed by atoms with van der Waals surface area (Å²) in [5, 5.41) is 9.95. The molecule has 0 fully saturated rings. The average Bonchev–Trinajstić information content (AvgIpc) is 3.11. The molecule has 4 aromatic rings.